The molecule has 3 rings (SSSR count). The molecule has 3 aromatic rings. The van der Waals surface area contributed by atoms with E-state index in [9.17, 15) is 9.59 Å². The molecule has 0 spiro atoms. The summed E-state index contributed by atoms with van der Waals surface area (Å²) < 4.78 is 9.39. The van der Waals surface area contributed by atoms with Gasteiger partial charge in [-0.2, -0.15) is 0 Å². The summed E-state index contributed by atoms with van der Waals surface area (Å²) in [6.07, 6.45) is 2.58. The largest absolute Gasteiger partial charge is 0.469 e. The van der Waals surface area contributed by atoms with Gasteiger partial charge in [-0.1, -0.05) is 30.3 Å². The molecule has 0 aliphatic heterocycles. The van der Waals surface area contributed by atoms with Crippen LogP contribution in [-0.4, -0.2) is 42.0 Å². The van der Waals surface area contributed by atoms with Crippen molar-refractivity contribution >= 4 is 17.8 Å². The number of nitrogens with one attached hydrogen (secondary N) is 2. The molecular weight excluding hydrogens is 384 g/mol. The van der Waals surface area contributed by atoms with Gasteiger partial charge in [0.15, 0.2) is 0 Å². The SMILES string of the molecule is COC(=O)CCc1ccc(-c2ncc(-c3ccc(C(=O)OC)cc3C(=N)N)[nH]2)cc1. The van der Waals surface area contributed by atoms with Gasteiger partial charge >= 0.3 is 11.9 Å². The van der Waals surface area contributed by atoms with Crippen molar-refractivity contribution in [3.05, 3.63) is 65.4 Å². The molecule has 154 valence electrons. The topological polar surface area (TPSA) is 131 Å². The van der Waals surface area contributed by atoms with Gasteiger partial charge < -0.3 is 20.2 Å². The van der Waals surface area contributed by atoms with E-state index in [2.05, 4.69) is 14.7 Å². The number of benzene rings is 2. The number of nitrogens with zero attached hydrogens (tertiary/aromatic N) is 1. The minimum Gasteiger partial charge on any atom is -0.469 e. The van der Waals surface area contributed by atoms with Gasteiger partial charge in [0.2, 0.25) is 0 Å². The van der Waals surface area contributed by atoms with E-state index in [0.717, 1.165) is 11.1 Å². The van der Waals surface area contributed by atoms with Crippen molar-refractivity contribution in [2.45, 2.75) is 12.8 Å². The third-order valence-corrected chi connectivity index (χ3v) is 4.67. The average Bonchev–Trinajstić information content (AvgIpc) is 3.26. The van der Waals surface area contributed by atoms with E-state index >= 15 is 0 Å². The van der Waals surface area contributed by atoms with Gasteiger partial charge in [0.1, 0.15) is 11.7 Å². The Morgan fingerprint density at radius 1 is 1.10 bits per heavy atom. The van der Waals surface area contributed by atoms with Crippen LogP contribution in [0.2, 0.25) is 0 Å². The first-order valence-corrected chi connectivity index (χ1v) is 9.21. The van der Waals surface area contributed by atoms with E-state index in [0.29, 0.717) is 41.1 Å². The van der Waals surface area contributed by atoms with Crippen molar-refractivity contribution in [3.63, 3.8) is 0 Å². The predicted octanol–water partition coefficient (Wildman–Crippen LogP) is 2.92. The molecule has 0 radical (unpaired) electrons. The Hall–Kier alpha value is -3.94. The summed E-state index contributed by atoms with van der Waals surface area (Å²) in [4.78, 5) is 30.7. The highest BCUT2D eigenvalue weighted by molar-refractivity contribution is 6.03. The maximum absolute atomic E-state index is 11.8. The molecule has 0 amide bonds. The van der Waals surface area contributed by atoms with Gasteiger partial charge in [-0.25, -0.2) is 9.78 Å². The fourth-order valence-electron chi connectivity index (χ4n) is 3.03. The number of amidine groups is 1. The molecule has 0 bridgehead atoms. The van der Waals surface area contributed by atoms with E-state index in [1.807, 2.05) is 24.3 Å². The number of hydrogen-bond donors (Lipinski definition) is 3. The first-order chi connectivity index (χ1) is 14.4. The van der Waals surface area contributed by atoms with Gasteiger partial charge in [0, 0.05) is 23.1 Å². The second-order valence-electron chi connectivity index (χ2n) is 6.58. The molecule has 1 heterocycles. The maximum atomic E-state index is 11.8. The van der Waals surface area contributed by atoms with Crippen LogP contribution in [0.15, 0.2) is 48.7 Å². The number of aromatic amines is 1. The zero-order valence-electron chi connectivity index (χ0n) is 16.7. The van der Waals surface area contributed by atoms with Gasteiger partial charge in [-0.05, 0) is 24.1 Å². The molecule has 4 N–H and O–H groups in total. The molecular formula is C22H22N4O4. The third kappa shape index (κ3) is 4.54. The number of nitrogens with two attached hydrogens (primary N) is 1. The summed E-state index contributed by atoms with van der Waals surface area (Å²) >= 11 is 0. The summed E-state index contributed by atoms with van der Waals surface area (Å²) in [6.45, 7) is 0. The normalized spacial score (nSPS) is 10.5. The Kier molecular flexibility index (Phi) is 6.26. The zero-order chi connectivity index (χ0) is 21.7. The van der Waals surface area contributed by atoms with Gasteiger partial charge in [-0.15, -0.1) is 0 Å². The quantitative estimate of drug-likeness (QED) is 0.314. The van der Waals surface area contributed by atoms with Crippen LogP contribution in [0.1, 0.15) is 27.9 Å². The van der Waals surface area contributed by atoms with Crippen LogP contribution in [-0.2, 0) is 20.7 Å². The molecule has 1 aromatic heterocycles. The summed E-state index contributed by atoms with van der Waals surface area (Å²) in [5.74, 6) is -0.256. The number of ether oxygens (including phenoxy) is 2. The van der Waals surface area contributed by atoms with Crippen molar-refractivity contribution < 1.29 is 19.1 Å². The van der Waals surface area contributed by atoms with Crippen LogP contribution in [0.3, 0.4) is 0 Å². The van der Waals surface area contributed by atoms with Crippen LogP contribution < -0.4 is 5.73 Å². The second kappa shape index (κ2) is 9.04. The number of rotatable bonds is 7. The molecule has 0 atom stereocenters. The molecule has 8 nitrogen and oxygen atoms in total. The first-order valence-electron chi connectivity index (χ1n) is 9.21. The lowest BCUT2D eigenvalue weighted by atomic mass is 10.0. The molecule has 0 aliphatic rings. The van der Waals surface area contributed by atoms with E-state index in [4.69, 9.17) is 15.9 Å². The Morgan fingerprint density at radius 2 is 1.83 bits per heavy atom. The number of hydrogen-bond acceptors (Lipinski definition) is 6. The number of carbonyl (C=O) groups excluding carboxylic acids is 2. The van der Waals surface area contributed by atoms with Gasteiger partial charge in [-0.3, -0.25) is 10.2 Å². The Bertz CT molecular complexity index is 1090. The van der Waals surface area contributed by atoms with E-state index in [1.165, 1.54) is 20.3 Å². The molecule has 8 heteroatoms. The Balaban J connectivity index is 1.85. The lowest BCUT2D eigenvalue weighted by Gasteiger charge is -2.09. The second-order valence-corrected chi connectivity index (χ2v) is 6.58. The van der Waals surface area contributed by atoms with Crippen molar-refractivity contribution in [1.82, 2.24) is 9.97 Å². The lowest BCUT2D eigenvalue weighted by molar-refractivity contribution is -0.140. The molecule has 0 fully saturated rings. The van der Waals surface area contributed by atoms with E-state index in [1.54, 1.807) is 18.3 Å². The number of esters is 2. The predicted molar refractivity (Wildman–Crippen MR) is 112 cm³/mol. The lowest BCUT2D eigenvalue weighted by Crippen LogP contribution is -2.14. The van der Waals surface area contributed by atoms with Gasteiger partial charge in [0.05, 0.1) is 31.7 Å². The highest BCUT2D eigenvalue weighted by Gasteiger charge is 2.15. The average molecular weight is 406 g/mol. The molecule has 2 aromatic carbocycles. The molecule has 0 saturated carbocycles. The molecule has 30 heavy (non-hydrogen) atoms. The minimum absolute atomic E-state index is 0.165. The number of carbonyl (C=O) groups is 2. The molecule has 0 unspecified atom stereocenters. The highest BCUT2D eigenvalue weighted by atomic mass is 16.5. The number of aryl methyl sites for hydroxylation is 1. The van der Waals surface area contributed by atoms with Crippen LogP contribution in [0.25, 0.3) is 22.6 Å². The van der Waals surface area contributed by atoms with Crippen LogP contribution in [0.4, 0.5) is 0 Å². The molecule has 0 saturated heterocycles. The number of H-pyrrole nitrogens is 1. The molecule has 0 aliphatic carbocycles. The maximum Gasteiger partial charge on any atom is 0.337 e. The van der Waals surface area contributed by atoms with Crippen LogP contribution in [0, 0.1) is 5.41 Å². The summed E-state index contributed by atoms with van der Waals surface area (Å²) in [5, 5.41) is 7.86. The van der Waals surface area contributed by atoms with E-state index in [-0.39, 0.29) is 11.8 Å². The number of nitrogen functional groups attached to an aromatic ring is 1. The minimum atomic E-state index is -0.498. The van der Waals surface area contributed by atoms with Crippen molar-refractivity contribution in [2.75, 3.05) is 14.2 Å². The fraction of sp³-hybridized carbons (Fsp3) is 0.182. The van der Waals surface area contributed by atoms with Crippen molar-refractivity contribution in [2.24, 2.45) is 5.73 Å². The standard InChI is InChI=1S/C22H22N4O4/c1-29-19(27)10-5-13-3-6-14(7-4-13)21-25-12-18(26-21)16-9-8-15(22(28)30-2)11-17(16)20(23)24/h3-4,6-9,11-12H,5,10H2,1-2H3,(H3,23,24)(H,25,26). The van der Waals surface area contributed by atoms with Crippen molar-refractivity contribution in [1.29, 1.82) is 5.41 Å². The van der Waals surface area contributed by atoms with Crippen molar-refractivity contribution in [3.8, 4) is 22.6 Å². The van der Waals surface area contributed by atoms with E-state index < -0.39 is 5.97 Å². The van der Waals surface area contributed by atoms with Crippen LogP contribution in [0.5, 0.6) is 0 Å². The summed E-state index contributed by atoms with van der Waals surface area (Å²) in [5.41, 5.74) is 9.66. The Labute approximate surface area is 173 Å². The highest BCUT2D eigenvalue weighted by Crippen LogP contribution is 2.26. The number of methoxy groups -OCH3 is 2. The van der Waals surface area contributed by atoms with Crippen LogP contribution >= 0.6 is 0 Å². The zero-order valence-corrected chi connectivity index (χ0v) is 16.7. The smallest absolute Gasteiger partial charge is 0.337 e. The summed E-state index contributed by atoms with van der Waals surface area (Å²) in [7, 11) is 2.67. The Morgan fingerprint density at radius 3 is 2.47 bits per heavy atom. The number of imidazole rings is 1. The number of aromatic nitrogens is 2. The summed E-state index contributed by atoms with van der Waals surface area (Å²) in [6, 6.07) is 12.6. The monoisotopic (exact) mass is 406 g/mol. The third-order valence-electron chi connectivity index (χ3n) is 4.67. The first kappa shape index (κ1) is 20.8. The fourth-order valence-corrected chi connectivity index (χ4v) is 3.03. The van der Waals surface area contributed by atoms with Gasteiger partial charge in [0.25, 0.3) is 0 Å².